The van der Waals surface area contributed by atoms with E-state index in [2.05, 4.69) is 22.0 Å². The molecule has 0 amide bonds. The lowest BCUT2D eigenvalue weighted by Crippen LogP contribution is -2.19. The lowest BCUT2D eigenvalue weighted by molar-refractivity contribution is -0.141. The molecule has 3 aromatic rings. The molecule has 1 aliphatic rings. The van der Waals surface area contributed by atoms with Crippen LogP contribution in [0.4, 0.5) is 13.2 Å². The minimum Gasteiger partial charge on any atom is -0.324 e. The largest absolute Gasteiger partial charge is 0.433 e. The molecule has 0 fully saturated rings. The Morgan fingerprint density at radius 2 is 2.03 bits per heavy atom. The van der Waals surface area contributed by atoms with E-state index in [1.54, 1.807) is 18.7 Å². The van der Waals surface area contributed by atoms with Gasteiger partial charge in [-0.2, -0.15) is 18.3 Å². The average molecular weight is 427 g/mol. The standard InChI is InChI=1S/C18H20F3N5O2S/c1-4-29(27,28)16-12-7-10(2)5-6-26(12)24-15(16)17-23-11-8-14(18(19,20)21)22-9-13(11)25(17)3/h8-10H,4-7H2,1-3H3. The summed E-state index contributed by atoms with van der Waals surface area (Å²) in [6.07, 6.45) is -2.04. The molecule has 0 aromatic carbocycles. The van der Waals surface area contributed by atoms with Crippen molar-refractivity contribution in [1.82, 2.24) is 24.3 Å². The Kier molecular flexibility index (Phi) is 4.48. The van der Waals surface area contributed by atoms with Crippen LogP contribution in [-0.2, 0) is 36.0 Å². The molecule has 156 valence electrons. The fourth-order valence-electron chi connectivity index (χ4n) is 3.71. The van der Waals surface area contributed by atoms with E-state index in [1.807, 2.05) is 0 Å². The molecule has 0 spiro atoms. The fraction of sp³-hybridized carbons (Fsp3) is 0.500. The second-order valence-electron chi connectivity index (χ2n) is 7.40. The smallest absolute Gasteiger partial charge is 0.324 e. The summed E-state index contributed by atoms with van der Waals surface area (Å²) in [5.74, 6) is 0.427. The number of pyridine rings is 1. The summed E-state index contributed by atoms with van der Waals surface area (Å²) in [7, 11) is -2.00. The number of imidazole rings is 1. The third-order valence-electron chi connectivity index (χ3n) is 5.35. The van der Waals surface area contributed by atoms with Crippen LogP contribution < -0.4 is 0 Å². The zero-order valence-corrected chi connectivity index (χ0v) is 17.0. The van der Waals surface area contributed by atoms with Gasteiger partial charge in [0.25, 0.3) is 0 Å². The summed E-state index contributed by atoms with van der Waals surface area (Å²) in [4.78, 5) is 7.92. The normalized spacial score (nSPS) is 17.7. The summed E-state index contributed by atoms with van der Waals surface area (Å²) in [5, 5.41) is 4.51. The Bertz CT molecular complexity index is 1210. The van der Waals surface area contributed by atoms with Gasteiger partial charge in [-0.1, -0.05) is 13.8 Å². The van der Waals surface area contributed by atoms with Crippen LogP contribution >= 0.6 is 0 Å². The molecule has 29 heavy (non-hydrogen) atoms. The van der Waals surface area contributed by atoms with Crippen LogP contribution in [0.2, 0.25) is 0 Å². The van der Waals surface area contributed by atoms with Crippen molar-refractivity contribution in [2.75, 3.05) is 5.75 Å². The SMILES string of the molecule is CCS(=O)(=O)c1c(-c2nc3cc(C(F)(F)F)ncc3n2C)nn2c1CC(C)CC2. The lowest BCUT2D eigenvalue weighted by atomic mass is 9.98. The predicted octanol–water partition coefficient (Wildman–Crippen LogP) is 3.23. The maximum absolute atomic E-state index is 13.0. The van der Waals surface area contributed by atoms with Gasteiger partial charge in [0.05, 0.1) is 28.7 Å². The Morgan fingerprint density at radius 1 is 1.31 bits per heavy atom. The van der Waals surface area contributed by atoms with E-state index in [1.165, 1.54) is 4.57 Å². The molecule has 7 nitrogen and oxygen atoms in total. The zero-order chi connectivity index (χ0) is 21.1. The highest BCUT2D eigenvalue weighted by atomic mass is 32.2. The molecule has 0 aliphatic carbocycles. The van der Waals surface area contributed by atoms with Gasteiger partial charge < -0.3 is 4.57 Å². The molecule has 3 aromatic heterocycles. The van der Waals surface area contributed by atoms with Crippen LogP contribution in [0.1, 0.15) is 31.7 Å². The molecule has 4 heterocycles. The maximum Gasteiger partial charge on any atom is 0.433 e. The zero-order valence-electron chi connectivity index (χ0n) is 16.2. The van der Waals surface area contributed by atoms with E-state index in [-0.39, 0.29) is 27.7 Å². The van der Waals surface area contributed by atoms with E-state index in [0.29, 0.717) is 30.1 Å². The first-order chi connectivity index (χ1) is 13.5. The highest BCUT2D eigenvalue weighted by Crippen LogP contribution is 2.36. The monoisotopic (exact) mass is 427 g/mol. The van der Waals surface area contributed by atoms with Crippen LogP contribution in [0.25, 0.3) is 22.6 Å². The topological polar surface area (TPSA) is 82.7 Å². The third-order valence-corrected chi connectivity index (χ3v) is 7.16. The molecule has 0 bridgehead atoms. The highest BCUT2D eigenvalue weighted by Gasteiger charge is 2.35. The Morgan fingerprint density at radius 3 is 2.69 bits per heavy atom. The molecule has 0 saturated heterocycles. The van der Waals surface area contributed by atoms with E-state index < -0.39 is 21.7 Å². The van der Waals surface area contributed by atoms with E-state index >= 15 is 0 Å². The first kappa shape index (κ1) is 19.9. The molecule has 4 rings (SSSR count). The number of hydrogen-bond donors (Lipinski definition) is 0. The minimum atomic E-state index is -4.59. The third kappa shape index (κ3) is 3.21. The van der Waals surface area contributed by atoms with Crippen LogP contribution in [-0.4, -0.2) is 38.5 Å². The number of fused-ring (bicyclic) bond motifs is 2. The number of hydrogen-bond acceptors (Lipinski definition) is 5. The van der Waals surface area contributed by atoms with Gasteiger partial charge in [-0.25, -0.2) is 18.4 Å². The number of aryl methyl sites for hydroxylation is 2. The van der Waals surface area contributed by atoms with Gasteiger partial charge in [-0.3, -0.25) is 4.68 Å². The van der Waals surface area contributed by atoms with Gasteiger partial charge in [0, 0.05) is 13.6 Å². The van der Waals surface area contributed by atoms with Crippen molar-refractivity contribution in [3.05, 3.63) is 23.7 Å². The molecule has 0 radical (unpaired) electrons. The molecular weight excluding hydrogens is 407 g/mol. The van der Waals surface area contributed by atoms with Gasteiger partial charge >= 0.3 is 6.18 Å². The number of alkyl halides is 3. The minimum absolute atomic E-state index is 0.0870. The summed E-state index contributed by atoms with van der Waals surface area (Å²) in [6, 6.07) is 0.866. The van der Waals surface area contributed by atoms with E-state index in [9.17, 15) is 21.6 Å². The quantitative estimate of drug-likeness (QED) is 0.641. The number of nitrogens with zero attached hydrogens (tertiary/aromatic N) is 5. The molecule has 0 N–H and O–H groups in total. The van der Waals surface area contributed by atoms with Crippen molar-refractivity contribution in [3.63, 3.8) is 0 Å². The fourth-order valence-corrected chi connectivity index (χ4v) is 4.97. The molecule has 11 heteroatoms. The first-order valence-corrected chi connectivity index (χ1v) is 10.9. The predicted molar refractivity (Wildman–Crippen MR) is 99.9 cm³/mol. The van der Waals surface area contributed by atoms with Crippen molar-refractivity contribution >= 4 is 20.9 Å². The Hall–Kier alpha value is -2.43. The van der Waals surface area contributed by atoms with Gasteiger partial charge in [0.1, 0.15) is 16.3 Å². The number of aromatic nitrogens is 5. The molecule has 1 atom stereocenters. The molecule has 1 aliphatic heterocycles. The van der Waals surface area contributed by atoms with Crippen LogP contribution in [0.3, 0.4) is 0 Å². The van der Waals surface area contributed by atoms with Gasteiger partial charge in [-0.05, 0) is 24.8 Å². The van der Waals surface area contributed by atoms with Crippen LogP contribution in [0, 0.1) is 5.92 Å². The van der Waals surface area contributed by atoms with Crippen molar-refractivity contribution in [2.45, 2.75) is 44.3 Å². The van der Waals surface area contributed by atoms with E-state index in [0.717, 1.165) is 18.7 Å². The van der Waals surface area contributed by atoms with Crippen molar-refractivity contribution in [2.24, 2.45) is 13.0 Å². The summed E-state index contributed by atoms with van der Waals surface area (Å²) in [5.41, 5.74) is 0.232. The first-order valence-electron chi connectivity index (χ1n) is 9.25. The molecular formula is C18H20F3N5O2S. The van der Waals surface area contributed by atoms with Crippen molar-refractivity contribution < 1.29 is 21.6 Å². The number of sulfone groups is 1. The molecule has 0 saturated carbocycles. The van der Waals surface area contributed by atoms with Gasteiger partial charge in [0.15, 0.2) is 15.7 Å². The van der Waals surface area contributed by atoms with Crippen LogP contribution in [0.5, 0.6) is 0 Å². The lowest BCUT2D eigenvalue weighted by Gasteiger charge is -2.20. The number of rotatable bonds is 3. The van der Waals surface area contributed by atoms with Gasteiger partial charge in [-0.15, -0.1) is 0 Å². The summed E-state index contributed by atoms with van der Waals surface area (Å²) >= 11 is 0. The van der Waals surface area contributed by atoms with Gasteiger partial charge in [0.2, 0.25) is 0 Å². The number of halogens is 3. The summed E-state index contributed by atoms with van der Waals surface area (Å²) in [6.45, 7) is 4.20. The molecule has 1 unspecified atom stereocenters. The van der Waals surface area contributed by atoms with Crippen LogP contribution in [0.15, 0.2) is 17.2 Å². The van der Waals surface area contributed by atoms with Crippen molar-refractivity contribution in [3.8, 4) is 11.5 Å². The van der Waals surface area contributed by atoms with Crippen molar-refractivity contribution in [1.29, 1.82) is 0 Å². The summed E-state index contributed by atoms with van der Waals surface area (Å²) < 4.78 is 68.1. The maximum atomic E-state index is 13.0. The second-order valence-corrected chi connectivity index (χ2v) is 9.61. The second kappa shape index (κ2) is 6.54. The Balaban J connectivity index is 1.98. The van der Waals surface area contributed by atoms with E-state index in [4.69, 9.17) is 0 Å². The Labute approximate surface area is 165 Å². The average Bonchev–Trinajstić information content (AvgIpc) is 3.18. The highest BCUT2D eigenvalue weighted by molar-refractivity contribution is 7.91.